The van der Waals surface area contributed by atoms with E-state index in [-0.39, 0.29) is 12.4 Å². The van der Waals surface area contributed by atoms with E-state index >= 15 is 0 Å². The van der Waals surface area contributed by atoms with Crippen LogP contribution in [0.25, 0.3) is 0 Å². The van der Waals surface area contributed by atoms with E-state index in [2.05, 4.69) is 36.9 Å². The van der Waals surface area contributed by atoms with Gasteiger partial charge < -0.3 is 5.73 Å². The van der Waals surface area contributed by atoms with Crippen LogP contribution in [0.2, 0.25) is 0 Å². The van der Waals surface area contributed by atoms with Crippen molar-refractivity contribution < 1.29 is 0 Å². The molecule has 1 aliphatic rings. The monoisotopic (exact) mass is 282 g/mol. The van der Waals surface area contributed by atoms with E-state index in [1.807, 2.05) is 6.07 Å². The Morgan fingerprint density at radius 3 is 2.84 bits per heavy atom. The van der Waals surface area contributed by atoms with Gasteiger partial charge in [-0.2, -0.15) is 0 Å². The van der Waals surface area contributed by atoms with E-state index < -0.39 is 0 Å². The fourth-order valence-electron chi connectivity index (χ4n) is 3.06. The Labute approximate surface area is 123 Å². The molecule has 1 heterocycles. The van der Waals surface area contributed by atoms with Gasteiger partial charge in [-0.3, -0.25) is 4.90 Å². The van der Waals surface area contributed by atoms with Gasteiger partial charge in [-0.15, -0.1) is 12.4 Å². The lowest BCUT2D eigenvalue weighted by Crippen LogP contribution is -2.42. The van der Waals surface area contributed by atoms with Crippen LogP contribution in [0, 0.1) is 5.92 Å². The van der Waals surface area contributed by atoms with Gasteiger partial charge in [0.1, 0.15) is 0 Å². The Bertz CT molecular complexity index is 381. The minimum absolute atomic E-state index is 0. The molecular formula is C16H27ClN2. The number of anilines is 1. The molecular weight excluding hydrogens is 256 g/mol. The molecule has 19 heavy (non-hydrogen) atoms. The first kappa shape index (κ1) is 16.3. The van der Waals surface area contributed by atoms with Crippen LogP contribution in [-0.2, 0) is 6.54 Å². The Balaban J connectivity index is 0.00000180. The van der Waals surface area contributed by atoms with Crippen molar-refractivity contribution in [1.82, 2.24) is 4.90 Å². The maximum Gasteiger partial charge on any atom is 0.0317 e. The standard InChI is InChI=1S/C16H26N2.ClH/c1-3-13(2)16-9-4-5-10-18(16)12-14-7-6-8-15(17)11-14;/h6-8,11,13,16H,3-5,9-10,12,17H2,1-2H3;1H. The highest BCUT2D eigenvalue weighted by Crippen LogP contribution is 2.26. The van der Waals surface area contributed by atoms with Gasteiger partial charge in [0.25, 0.3) is 0 Å². The molecule has 1 fully saturated rings. The zero-order valence-corrected chi connectivity index (χ0v) is 13.0. The van der Waals surface area contributed by atoms with E-state index in [1.165, 1.54) is 37.8 Å². The summed E-state index contributed by atoms with van der Waals surface area (Å²) < 4.78 is 0. The van der Waals surface area contributed by atoms with Crippen molar-refractivity contribution in [1.29, 1.82) is 0 Å². The number of nitrogens with zero attached hydrogens (tertiary/aromatic N) is 1. The molecule has 0 amide bonds. The molecule has 2 unspecified atom stereocenters. The third-order valence-corrected chi connectivity index (χ3v) is 4.30. The normalized spacial score (nSPS) is 21.7. The van der Waals surface area contributed by atoms with Crippen LogP contribution in [0.3, 0.4) is 0 Å². The molecule has 0 radical (unpaired) electrons. The van der Waals surface area contributed by atoms with Crippen LogP contribution in [-0.4, -0.2) is 17.5 Å². The second-order valence-corrected chi connectivity index (χ2v) is 5.66. The molecule has 0 bridgehead atoms. The summed E-state index contributed by atoms with van der Waals surface area (Å²) in [6.07, 6.45) is 5.37. The quantitative estimate of drug-likeness (QED) is 0.843. The number of hydrogen-bond acceptors (Lipinski definition) is 2. The highest BCUT2D eigenvalue weighted by Gasteiger charge is 2.26. The molecule has 2 rings (SSSR count). The summed E-state index contributed by atoms with van der Waals surface area (Å²) in [6.45, 7) is 6.99. The van der Waals surface area contributed by atoms with Gasteiger partial charge in [-0.05, 0) is 43.0 Å². The number of nitrogen functional groups attached to an aromatic ring is 1. The van der Waals surface area contributed by atoms with Crippen LogP contribution in [0.5, 0.6) is 0 Å². The van der Waals surface area contributed by atoms with Crippen LogP contribution >= 0.6 is 12.4 Å². The first-order chi connectivity index (χ1) is 8.70. The van der Waals surface area contributed by atoms with Crippen molar-refractivity contribution in [2.75, 3.05) is 12.3 Å². The van der Waals surface area contributed by atoms with Crippen molar-refractivity contribution in [3.63, 3.8) is 0 Å². The number of rotatable bonds is 4. The molecule has 2 atom stereocenters. The first-order valence-electron chi connectivity index (χ1n) is 7.29. The molecule has 0 saturated carbocycles. The molecule has 1 aliphatic heterocycles. The minimum Gasteiger partial charge on any atom is -0.399 e. The lowest BCUT2D eigenvalue weighted by molar-refractivity contribution is 0.0965. The fourth-order valence-corrected chi connectivity index (χ4v) is 3.06. The van der Waals surface area contributed by atoms with E-state index in [0.29, 0.717) is 0 Å². The number of nitrogens with two attached hydrogens (primary N) is 1. The van der Waals surface area contributed by atoms with Gasteiger partial charge in [0.15, 0.2) is 0 Å². The highest BCUT2D eigenvalue weighted by molar-refractivity contribution is 5.85. The Hall–Kier alpha value is -0.730. The molecule has 108 valence electrons. The summed E-state index contributed by atoms with van der Waals surface area (Å²) in [4.78, 5) is 2.66. The third kappa shape index (κ3) is 4.39. The van der Waals surface area contributed by atoms with Crippen LogP contribution in [0.15, 0.2) is 24.3 Å². The van der Waals surface area contributed by atoms with Gasteiger partial charge in [0, 0.05) is 18.3 Å². The summed E-state index contributed by atoms with van der Waals surface area (Å²) >= 11 is 0. The maximum atomic E-state index is 5.87. The number of piperidine rings is 1. The molecule has 0 spiro atoms. The van der Waals surface area contributed by atoms with Crippen LogP contribution < -0.4 is 5.73 Å². The molecule has 0 aromatic heterocycles. The zero-order valence-electron chi connectivity index (χ0n) is 12.1. The molecule has 1 aromatic carbocycles. The lowest BCUT2D eigenvalue weighted by atomic mass is 9.89. The summed E-state index contributed by atoms with van der Waals surface area (Å²) in [7, 11) is 0. The summed E-state index contributed by atoms with van der Waals surface area (Å²) in [6, 6.07) is 9.09. The van der Waals surface area contributed by atoms with E-state index in [4.69, 9.17) is 5.73 Å². The summed E-state index contributed by atoms with van der Waals surface area (Å²) in [5, 5.41) is 0. The number of likely N-dealkylation sites (tertiary alicyclic amines) is 1. The van der Waals surface area contributed by atoms with Gasteiger partial charge in [-0.1, -0.05) is 38.8 Å². The maximum absolute atomic E-state index is 5.87. The van der Waals surface area contributed by atoms with E-state index in [1.54, 1.807) is 0 Å². The van der Waals surface area contributed by atoms with Crippen LogP contribution in [0.1, 0.15) is 45.1 Å². The molecule has 0 aliphatic carbocycles. The smallest absolute Gasteiger partial charge is 0.0317 e. The van der Waals surface area contributed by atoms with Crippen molar-refractivity contribution >= 4 is 18.1 Å². The molecule has 2 nitrogen and oxygen atoms in total. The van der Waals surface area contributed by atoms with Gasteiger partial charge in [0.2, 0.25) is 0 Å². The van der Waals surface area contributed by atoms with Crippen molar-refractivity contribution in [3.8, 4) is 0 Å². The van der Waals surface area contributed by atoms with E-state index in [9.17, 15) is 0 Å². The third-order valence-electron chi connectivity index (χ3n) is 4.30. The predicted molar refractivity (Wildman–Crippen MR) is 85.6 cm³/mol. The topological polar surface area (TPSA) is 29.3 Å². The van der Waals surface area contributed by atoms with E-state index in [0.717, 1.165) is 24.2 Å². The second-order valence-electron chi connectivity index (χ2n) is 5.66. The SMILES string of the molecule is CCC(C)C1CCCCN1Cc1cccc(N)c1.Cl. The van der Waals surface area contributed by atoms with Crippen molar-refractivity contribution in [3.05, 3.63) is 29.8 Å². The number of hydrogen-bond donors (Lipinski definition) is 1. The first-order valence-corrected chi connectivity index (χ1v) is 7.29. The largest absolute Gasteiger partial charge is 0.399 e. The lowest BCUT2D eigenvalue weighted by Gasteiger charge is -2.39. The molecule has 3 heteroatoms. The average Bonchev–Trinajstić information content (AvgIpc) is 2.38. The average molecular weight is 283 g/mol. The number of benzene rings is 1. The molecule has 1 saturated heterocycles. The Kier molecular flexibility index (Phi) is 6.67. The summed E-state index contributed by atoms with van der Waals surface area (Å²) in [5.41, 5.74) is 8.10. The summed E-state index contributed by atoms with van der Waals surface area (Å²) in [5.74, 6) is 0.798. The molecule has 1 aromatic rings. The van der Waals surface area contributed by atoms with Gasteiger partial charge >= 0.3 is 0 Å². The van der Waals surface area contributed by atoms with Gasteiger partial charge in [0.05, 0.1) is 0 Å². The minimum atomic E-state index is 0. The second kappa shape index (κ2) is 7.76. The van der Waals surface area contributed by atoms with Crippen molar-refractivity contribution in [2.45, 2.75) is 52.1 Å². The number of halogens is 1. The van der Waals surface area contributed by atoms with Crippen molar-refractivity contribution in [2.24, 2.45) is 5.92 Å². The Morgan fingerprint density at radius 1 is 1.37 bits per heavy atom. The highest BCUT2D eigenvalue weighted by atomic mass is 35.5. The van der Waals surface area contributed by atoms with Gasteiger partial charge in [-0.25, -0.2) is 0 Å². The zero-order chi connectivity index (χ0) is 13.0. The Morgan fingerprint density at radius 2 is 2.16 bits per heavy atom. The predicted octanol–water partition coefficient (Wildman–Crippen LogP) is 4.09. The fraction of sp³-hybridized carbons (Fsp3) is 0.625. The van der Waals surface area contributed by atoms with Crippen LogP contribution in [0.4, 0.5) is 5.69 Å². The molecule has 2 N–H and O–H groups in total.